The fourth-order valence-corrected chi connectivity index (χ4v) is 3.48. The lowest BCUT2D eigenvalue weighted by molar-refractivity contribution is 0.171. The van der Waals surface area contributed by atoms with Gasteiger partial charge in [-0.05, 0) is 34.5 Å². The lowest BCUT2D eigenvalue weighted by Gasteiger charge is -2.19. The molecule has 2 heterocycles. The summed E-state index contributed by atoms with van der Waals surface area (Å²) in [5, 5.41) is 7.00. The zero-order chi connectivity index (χ0) is 14.1. The number of thiophene rings is 1. The van der Waals surface area contributed by atoms with E-state index in [1.807, 2.05) is 18.2 Å². The molecule has 21 heavy (non-hydrogen) atoms. The van der Waals surface area contributed by atoms with E-state index < -0.39 is 0 Å². The molecule has 1 aromatic heterocycles. The van der Waals surface area contributed by atoms with E-state index in [9.17, 15) is 0 Å². The number of hydrogen-bond acceptors (Lipinski definition) is 4. The van der Waals surface area contributed by atoms with Crippen LogP contribution in [-0.4, -0.2) is 13.2 Å². The summed E-state index contributed by atoms with van der Waals surface area (Å²) in [5.41, 5.74) is 2.38. The van der Waals surface area contributed by atoms with Gasteiger partial charge in [0.15, 0.2) is 11.5 Å². The van der Waals surface area contributed by atoms with Crippen LogP contribution in [0.4, 0.5) is 5.69 Å². The van der Waals surface area contributed by atoms with E-state index in [2.05, 4.69) is 35.0 Å². The molecule has 4 rings (SSSR count). The average molecular weight is 297 g/mol. The van der Waals surface area contributed by atoms with Crippen molar-refractivity contribution in [3.8, 4) is 11.5 Å². The Morgan fingerprint density at radius 3 is 2.81 bits per heavy atom. The molecule has 0 aliphatic carbocycles. The molecule has 0 fully saturated rings. The Balaban J connectivity index is 1.54. The predicted molar refractivity (Wildman–Crippen MR) is 86.6 cm³/mol. The van der Waals surface area contributed by atoms with Gasteiger partial charge in [0.1, 0.15) is 13.2 Å². The summed E-state index contributed by atoms with van der Waals surface area (Å²) in [7, 11) is 0. The van der Waals surface area contributed by atoms with Crippen molar-refractivity contribution < 1.29 is 9.47 Å². The van der Waals surface area contributed by atoms with Gasteiger partial charge in [-0.1, -0.05) is 18.2 Å². The summed E-state index contributed by atoms with van der Waals surface area (Å²) in [6, 6.07) is 14.5. The molecule has 0 bridgehead atoms. The Kier molecular flexibility index (Phi) is 3.16. The van der Waals surface area contributed by atoms with Crippen molar-refractivity contribution in [3.05, 3.63) is 53.4 Å². The Bertz CT molecular complexity index is 781. The monoisotopic (exact) mass is 297 g/mol. The topological polar surface area (TPSA) is 30.5 Å². The number of ether oxygens (including phenoxy) is 2. The van der Waals surface area contributed by atoms with Crippen molar-refractivity contribution in [1.82, 2.24) is 0 Å². The van der Waals surface area contributed by atoms with Crippen molar-refractivity contribution in [2.24, 2.45) is 0 Å². The van der Waals surface area contributed by atoms with Crippen LogP contribution in [0, 0.1) is 0 Å². The maximum absolute atomic E-state index is 5.61. The van der Waals surface area contributed by atoms with Gasteiger partial charge in [-0.25, -0.2) is 0 Å². The lowest BCUT2D eigenvalue weighted by Crippen LogP contribution is -2.15. The van der Waals surface area contributed by atoms with E-state index in [0.29, 0.717) is 13.2 Å². The number of anilines is 1. The van der Waals surface area contributed by atoms with Crippen LogP contribution in [0.1, 0.15) is 5.56 Å². The first-order valence-corrected chi connectivity index (χ1v) is 7.87. The number of rotatable bonds is 3. The third kappa shape index (κ3) is 2.43. The van der Waals surface area contributed by atoms with Gasteiger partial charge < -0.3 is 14.8 Å². The number of fused-ring (bicyclic) bond motifs is 2. The minimum atomic E-state index is 0.617. The van der Waals surface area contributed by atoms with Gasteiger partial charge in [0.05, 0.1) is 0 Å². The molecule has 0 amide bonds. The molecule has 1 aliphatic heterocycles. The zero-order valence-electron chi connectivity index (χ0n) is 11.5. The Labute approximate surface area is 127 Å². The molecule has 0 radical (unpaired) electrons. The van der Waals surface area contributed by atoms with Gasteiger partial charge in [-0.3, -0.25) is 0 Å². The van der Waals surface area contributed by atoms with E-state index in [4.69, 9.17) is 9.47 Å². The van der Waals surface area contributed by atoms with Gasteiger partial charge in [-0.15, -0.1) is 11.3 Å². The summed E-state index contributed by atoms with van der Waals surface area (Å²) in [6.07, 6.45) is 0. The fraction of sp³-hybridized carbons (Fsp3) is 0.176. The highest BCUT2D eigenvalue weighted by atomic mass is 32.1. The van der Waals surface area contributed by atoms with Gasteiger partial charge in [0.25, 0.3) is 0 Å². The molecule has 106 valence electrons. The first kappa shape index (κ1) is 12.5. The minimum Gasteiger partial charge on any atom is -0.486 e. The van der Waals surface area contributed by atoms with Crippen LogP contribution in [0.3, 0.4) is 0 Å². The van der Waals surface area contributed by atoms with Crippen LogP contribution in [0.2, 0.25) is 0 Å². The molecule has 0 unspecified atom stereocenters. The number of benzene rings is 2. The highest BCUT2D eigenvalue weighted by molar-refractivity contribution is 7.17. The van der Waals surface area contributed by atoms with Crippen molar-refractivity contribution >= 4 is 27.1 Å². The molecule has 0 saturated heterocycles. The van der Waals surface area contributed by atoms with E-state index >= 15 is 0 Å². The van der Waals surface area contributed by atoms with E-state index in [0.717, 1.165) is 23.7 Å². The van der Waals surface area contributed by atoms with Crippen molar-refractivity contribution in [1.29, 1.82) is 0 Å². The quantitative estimate of drug-likeness (QED) is 0.782. The Morgan fingerprint density at radius 2 is 1.86 bits per heavy atom. The molecule has 2 aromatic carbocycles. The average Bonchev–Trinajstić information content (AvgIpc) is 2.96. The molecule has 1 N–H and O–H groups in total. The Hall–Kier alpha value is -2.20. The third-order valence-electron chi connectivity index (χ3n) is 3.59. The molecular weight excluding hydrogens is 282 g/mol. The van der Waals surface area contributed by atoms with Gasteiger partial charge in [0.2, 0.25) is 0 Å². The highest BCUT2D eigenvalue weighted by Crippen LogP contribution is 2.33. The third-order valence-corrected chi connectivity index (χ3v) is 4.60. The van der Waals surface area contributed by atoms with Crippen molar-refractivity contribution in [3.63, 3.8) is 0 Å². The molecule has 0 saturated carbocycles. The fourth-order valence-electron chi connectivity index (χ4n) is 2.52. The second-order valence-electron chi connectivity index (χ2n) is 4.97. The van der Waals surface area contributed by atoms with Crippen LogP contribution in [0.15, 0.2) is 47.8 Å². The summed E-state index contributed by atoms with van der Waals surface area (Å²) in [5.74, 6) is 1.65. The summed E-state index contributed by atoms with van der Waals surface area (Å²) < 4.78 is 12.5. The van der Waals surface area contributed by atoms with Crippen molar-refractivity contribution in [2.75, 3.05) is 18.5 Å². The first-order valence-electron chi connectivity index (χ1n) is 6.99. The summed E-state index contributed by atoms with van der Waals surface area (Å²) >= 11 is 1.79. The van der Waals surface area contributed by atoms with Crippen LogP contribution >= 0.6 is 11.3 Å². The largest absolute Gasteiger partial charge is 0.486 e. The van der Waals surface area contributed by atoms with Gasteiger partial charge in [0, 0.05) is 23.0 Å². The highest BCUT2D eigenvalue weighted by Gasteiger charge is 2.11. The van der Waals surface area contributed by atoms with Gasteiger partial charge >= 0.3 is 0 Å². The first-order chi connectivity index (χ1) is 10.4. The molecule has 3 aromatic rings. The van der Waals surface area contributed by atoms with E-state index in [1.54, 1.807) is 11.3 Å². The van der Waals surface area contributed by atoms with Crippen LogP contribution in [0.5, 0.6) is 11.5 Å². The molecule has 0 atom stereocenters. The maximum Gasteiger partial charge on any atom is 0.163 e. The molecular formula is C17H15NO2S. The van der Waals surface area contributed by atoms with E-state index in [1.165, 1.54) is 15.6 Å². The van der Waals surface area contributed by atoms with Crippen molar-refractivity contribution in [2.45, 2.75) is 6.54 Å². The molecule has 0 spiro atoms. The maximum atomic E-state index is 5.61. The molecule has 3 nitrogen and oxygen atoms in total. The van der Waals surface area contributed by atoms with Crippen LogP contribution in [0.25, 0.3) is 10.1 Å². The number of hydrogen-bond donors (Lipinski definition) is 1. The SMILES string of the molecule is c1ccc2c(CNc3ccc4c(c3)OCCO4)csc2c1. The second kappa shape index (κ2) is 5.30. The van der Waals surface area contributed by atoms with E-state index in [-0.39, 0.29) is 0 Å². The Morgan fingerprint density at radius 1 is 1.00 bits per heavy atom. The van der Waals surface area contributed by atoms with Gasteiger partial charge in [-0.2, -0.15) is 0 Å². The predicted octanol–water partition coefficient (Wildman–Crippen LogP) is 4.28. The molecule has 1 aliphatic rings. The second-order valence-corrected chi connectivity index (χ2v) is 5.88. The lowest BCUT2D eigenvalue weighted by atomic mass is 10.2. The summed E-state index contributed by atoms with van der Waals surface area (Å²) in [6.45, 7) is 2.05. The zero-order valence-corrected chi connectivity index (χ0v) is 12.3. The minimum absolute atomic E-state index is 0.617. The smallest absolute Gasteiger partial charge is 0.163 e. The van der Waals surface area contributed by atoms with Crippen LogP contribution < -0.4 is 14.8 Å². The van der Waals surface area contributed by atoms with Crippen LogP contribution in [-0.2, 0) is 6.54 Å². The standard InChI is InChI=1S/C17H15NO2S/c1-2-4-17-14(3-1)12(11-21-17)10-18-13-5-6-15-16(9-13)20-8-7-19-15/h1-6,9,11,18H,7-8,10H2. The number of nitrogens with one attached hydrogen (secondary N) is 1. The normalized spacial score (nSPS) is 13.3. The molecule has 4 heteroatoms. The summed E-state index contributed by atoms with van der Waals surface area (Å²) in [4.78, 5) is 0.